The Morgan fingerprint density at radius 2 is 2.03 bits per heavy atom. The largest absolute Gasteiger partial charge is 0.496 e. The van der Waals surface area contributed by atoms with E-state index in [1.54, 1.807) is 37.2 Å². The second-order valence-corrected chi connectivity index (χ2v) is 9.69. The molecule has 0 unspecified atom stereocenters. The number of carboxylic acid groups (broad SMARTS) is 1. The number of carbonyl (C=O) groups excluding carboxylic acids is 1. The van der Waals surface area contributed by atoms with Crippen LogP contribution in [0.25, 0.3) is 11.1 Å². The first-order valence-corrected chi connectivity index (χ1v) is 13.6. The molecule has 1 aliphatic heterocycles. The molecule has 4 rings (SSSR count). The molecule has 0 fully saturated rings. The van der Waals surface area contributed by atoms with Gasteiger partial charge in [-0.05, 0) is 48.3 Å². The van der Waals surface area contributed by atoms with Crippen molar-refractivity contribution >= 4 is 29.3 Å². The van der Waals surface area contributed by atoms with E-state index in [0.717, 1.165) is 22.4 Å². The molecule has 0 radical (unpaired) electrons. The highest BCUT2D eigenvalue weighted by molar-refractivity contribution is 7.98. The van der Waals surface area contributed by atoms with Crippen molar-refractivity contribution in [3.8, 4) is 28.5 Å². The Morgan fingerprint density at radius 3 is 2.82 bits per heavy atom. The number of aliphatic carboxylic acids is 1. The Kier molecular flexibility index (Phi) is 9.45. The van der Waals surface area contributed by atoms with Crippen molar-refractivity contribution in [2.24, 2.45) is 0 Å². The number of carboxylic acids is 1. The SMILES string of the molecule is COc1ccccc1-c1c(CN[C@H](CCSC)C(=O)O)cccc1NC(=O)C[C@H]1COc2ncccc2O1. The van der Waals surface area contributed by atoms with Crippen LogP contribution in [0, 0.1) is 0 Å². The number of hydrogen-bond acceptors (Lipinski definition) is 8. The lowest BCUT2D eigenvalue weighted by Gasteiger charge is -2.25. The number of benzene rings is 2. The molecule has 3 aromatic rings. The molecule has 38 heavy (non-hydrogen) atoms. The summed E-state index contributed by atoms with van der Waals surface area (Å²) in [5, 5.41) is 15.9. The van der Waals surface area contributed by atoms with Crippen molar-refractivity contribution < 1.29 is 28.9 Å². The normalized spacial score (nSPS) is 14.9. The first-order chi connectivity index (χ1) is 18.5. The van der Waals surface area contributed by atoms with Gasteiger partial charge < -0.3 is 30.0 Å². The van der Waals surface area contributed by atoms with E-state index in [0.29, 0.717) is 36.0 Å². The third-order valence-electron chi connectivity index (χ3n) is 6.10. The molecule has 2 atom stereocenters. The highest BCUT2D eigenvalue weighted by Crippen LogP contribution is 2.38. The summed E-state index contributed by atoms with van der Waals surface area (Å²) in [5.74, 6) is 1.16. The number of ether oxygens (including phenoxy) is 3. The van der Waals surface area contributed by atoms with Crippen molar-refractivity contribution in [2.45, 2.75) is 31.5 Å². The van der Waals surface area contributed by atoms with Gasteiger partial charge in [-0.1, -0.05) is 30.3 Å². The number of pyridine rings is 1. The fraction of sp³-hybridized carbons (Fsp3) is 0.321. The van der Waals surface area contributed by atoms with Gasteiger partial charge in [0.1, 0.15) is 24.5 Å². The number of amides is 1. The summed E-state index contributed by atoms with van der Waals surface area (Å²) in [6.45, 7) is 0.513. The molecule has 0 aliphatic carbocycles. The van der Waals surface area contributed by atoms with E-state index in [1.807, 2.05) is 48.7 Å². The number of hydrogen-bond donors (Lipinski definition) is 3. The van der Waals surface area contributed by atoms with Crippen molar-refractivity contribution in [1.29, 1.82) is 0 Å². The number of carbonyl (C=O) groups is 2. The molecule has 0 spiro atoms. The minimum atomic E-state index is -0.895. The zero-order chi connectivity index (χ0) is 26.9. The zero-order valence-corrected chi connectivity index (χ0v) is 22.1. The Morgan fingerprint density at radius 1 is 1.18 bits per heavy atom. The molecule has 200 valence electrons. The molecule has 2 aromatic carbocycles. The molecular formula is C28H31N3O6S. The Balaban J connectivity index is 1.57. The van der Waals surface area contributed by atoms with Crippen LogP contribution in [-0.4, -0.2) is 59.8 Å². The molecule has 1 aromatic heterocycles. The van der Waals surface area contributed by atoms with E-state index in [4.69, 9.17) is 14.2 Å². The van der Waals surface area contributed by atoms with Crippen molar-refractivity contribution in [1.82, 2.24) is 10.3 Å². The van der Waals surface area contributed by atoms with E-state index in [2.05, 4.69) is 15.6 Å². The predicted octanol–water partition coefficient (Wildman–Crippen LogP) is 4.22. The molecule has 1 aliphatic rings. The maximum atomic E-state index is 13.1. The van der Waals surface area contributed by atoms with Gasteiger partial charge in [-0.15, -0.1) is 0 Å². The Hall–Kier alpha value is -3.76. The lowest BCUT2D eigenvalue weighted by molar-refractivity contribution is -0.139. The zero-order valence-electron chi connectivity index (χ0n) is 21.3. The number of methoxy groups -OCH3 is 1. The molecule has 0 saturated heterocycles. The van der Waals surface area contributed by atoms with E-state index in [1.165, 1.54) is 0 Å². The van der Waals surface area contributed by atoms with Crippen LogP contribution in [0.3, 0.4) is 0 Å². The fourth-order valence-corrected chi connectivity index (χ4v) is 4.74. The van der Waals surface area contributed by atoms with Gasteiger partial charge in [0.25, 0.3) is 5.88 Å². The summed E-state index contributed by atoms with van der Waals surface area (Å²) in [4.78, 5) is 29.0. The quantitative estimate of drug-likeness (QED) is 0.312. The molecule has 3 N–H and O–H groups in total. The number of aromatic nitrogens is 1. The number of nitrogens with one attached hydrogen (secondary N) is 2. The maximum absolute atomic E-state index is 13.1. The molecule has 0 bridgehead atoms. The summed E-state index contributed by atoms with van der Waals surface area (Å²) in [6.07, 6.45) is 3.69. The second-order valence-electron chi connectivity index (χ2n) is 8.70. The fourth-order valence-electron chi connectivity index (χ4n) is 4.27. The van der Waals surface area contributed by atoms with Crippen LogP contribution in [0.2, 0.25) is 0 Å². The van der Waals surface area contributed by atoms with Gasteiger partial charge in [0.15, 0.2) is 5.75 Å². The third-order valence-corrected chi connectivity index (χ3v) is 6.74. The van der Waals surface area contributed by atoms with Gasteiger partial charge in [-0.25, -0.2) is 4.98 Å². The molecular weight excluding hydrogens is 506 g/mol. The monoisotopic (exact) mass is 537 g/mol. The topological polar surface area (TPSA) is 119 Å². The first-order valence-electron chi connectivity index (χ1n) is 12.2. The minimum absolute atomic E-state index is 0.0813. The highest BCUT2D eigenvalue weighted by Gasteiger charge is 2.25. The number of fused-ring (bicyclic) bond motifs is 1. The minimum Gasteiger partial charge on any atom is -0.496 e. The third kappa shape index (κ3) is 6.76. The number of thioether (sulfide) groups is 1. The lowest BCUT2D eigenvalue weighted by atomic mass is 9.96. The summed E-state index contributed by atoms with van der Waals surface area (Å²) in [7, 11) is 1.59. The van der Waals surface area contributed by atoms with Gasteiger partial charge in [0, 0.05) is 29.6 Å². The molecule has 2 heterocycles. The van der Waals surface area contributed by atoms with Crippen LogP contribution in [0.1, 0.15) is 18.4 Å². The maximum Gasteiger partial charge on any atom is 0.320 e. The first kappa shape index (κ1) is 27.3. The van der Waals surface area contributed by atoms with E-state index >= 15 is 0 Å². The van der Waals surface area contributed by atoms with E-state index in [-0.39, 0.29) is 18.9 Å². The van der Waals surface area contributed by atoms with Crippen molar-refractivity contribution in [3.05, 3.63) is 66.4 Å². The van der Waals surface area contributed by atoms with Crippen LogP contribution in [0.15, 0.2) is 60.8 Å². The average Bonchev–Trinajstić information content (AvgIpc) is 2.93. The van der Waals surface area contributed by atoms with Crippen LogP contribution in [0.4, 0.5) is 5.69 Å². The summed E-state index contributed by atoms with van der Waals surface area (Å²) < 4.78 is 17.2. The number of rotatable bonds is 12. The summed E-state index contributed by atoms with van der Waals surface area (Å²) in [5.41, 5.74) is 2.97. The van der Waals surface area contributed by atoms with Crippen LogP contribution < -0.4 is 24.8 Å². The van der Waals surface area contributed by atoms with Crippen molar-refractivity contribution in [3.63, 3.8) is 0 Å². The molecule has 0 saturated carbocycles. The summed E-state index contributed by atoms with van der Waals surface area (Å²) in [6, 6.07) is 15.9. The van der Waals surface area contributed by atoms with Crippen LogP contribution in [0.5, 0.6) is 17.4 Å². The predicted molar refractivity (Wildman–Crippen MR) is 147 cm³/mol. The Labute approximate surface area is 225 Å². The van der Waals surface area contributed by atoms with Gasteiger partial charge >= 0.3 is 5.97 Å². The van der Waals surface area contributed by atoms with Gasteiger partial charge in [-0.3, -0.25) is 9.59 Å². The van der Waals surface area contributed by atoms with E-state index in [9.17, 15) is 14.7 Å². The molecule has 10 heteroatoms. The standard InChI is InChI=1S/C28H31N3O6S/c1-35-23-10-4-3-8-20(23)26-18(16-30-22(28(33)34)12-14-38-2)7-5-9-21(26)31-25(32)15-19-17-36-27-24(37-19)11-6-13-29-27/h3-11,13,19,22,30H,12,14-17H2,1-2H3,(H,31,32)(H,33,34)/t19-,22+/m0/s1. The number of para-hydroxylation sites is 1. The van der Waals surface area contributed by atoms with Crippen LogP contribution >= 0.6 is 11.8 Å². The van der Waals surface area contributed by atoms with E-state index < -0.39 is 18.1 Å². The Bertz CT molecular complexity index is 1270. The van der Waals surface area contributed by atoms with Gasteiger partial charge in [0.2, 0.25) is 5.91 Å². The number of anilines is 1. The molecule has 1 amide bonds. The average molecular weight is 538 g/mol. The van der Waals surface area contributed by atoms with Crippen molar-refractivity contribution in [2.75, 3.05) is 31.0 Å². The van der Waals surface area contributed by atoms with Gasteiger partial charge in [0.05, 0.1) is 13.5 Å². The van der Waals surface area contributed by atoms with Gasteiger partial charge in [-0.2, -0.15) is 11.8 Å². The number of nitrogens with zero attached hydrogens (tertiary/aromatic N) is 1. The summed E-state index contributed by atoms with van der Waals surface area (Å²) >= 11 is 1.60. The lowest BCUT2D eigenvalue weighted by Crippen LogP contribution is -2.36. The smallest absolute Gasteiger partial charge is 0.320 e. The van der Waals surface area contributed by atoms with Crippen LogP contribution in [-0.2, 0) is 16.1 Å². The molecule has 9 nitrogen and oxygen atoms in total. The highest BCUT2D eigenvalue weighted by atomic mass is 32.2. The second kappa shape index (κ2) is 13.2.